The van der Waals surface area contributed by atoms with Gasteiger partial charge in [0.25, 0.3) is 0 Å². The van der Waals surface area contributed by atoms with Crippen molar-refractivity contribution < 1.29 is 4.74 Å². The third-order valence-electron chi connectivity index (χ3n) is 3.85. The van der Waals surface area contributed by atoms with Gasteiger partial charge >= 0.3 is 0 Å². The fourth-order valence-corrected chi connectivity index (χ4v) is 2.96. The summed E-state index contributed by atoms with van der Waals surface area (Å²) in [6, 6.07) is 5.98. The van der Waals surface area contributed by atoms with Crippen LogP contribution >= 0.6 is 11.6 Å². The van der Waals surface area contributed by atoms with Crippen LogP contribution in [-0.4, -0.2) is 21.9 Å². The molecule has 1 aliphatic rings. The van der Waals surface area contributed by atoms with Crippen LogP contribution in [0.25, 0.3) is 0 Å². The van der Waals surface area contributed by atoms with Crippen molar-refractivity contribution in [2.45, 2.75) is 38.9 Å². The molecule has 0 saturated carbocycles. The molecule has 0 saturated heterocycles. The van der Waals surface area contributed by atoms with E-state index in [4.69, 9.17) is 16.3 Å². The SMILES string of the molecule is COc1ccc(CNC(C)c2nnc3n2CCC3)cc1Cl. The number of aromatic nitrogens is 3. The first-order valence-corrected chi connectivity index (χ1v) is 7.54. The molecule has 0 aliphatic carbocycles. The third-order valence-corrected chi connectivity index (χ3v) is 4.15. The van der Waals surface area contributed by atoms with Gasteiger partial charge < -0.3 is 14.6 Å². The van der Waals surface area contributed by atoms with E-state index >= 15 is 0 Å². The first-order chi connectivity index (χ1) is 10.2. The van der Waals surface area contributed by atoms with Crippen LogP contribution in [0.1, 0.15) is 36.6 Å². The summed E-state index contributed by atoms with van der Waals surface area (Å²) in [6.45, 7) is 3.87. The monoisotopic (exact) mass is 306 g/mol. The predicted octanol–water partition coefficient (Wildman–Crippen LogP) is 2.74. The van der Waals surface area contributed by atoms with Gasteiger partial charge in [0.15, 0.2) is 0 Å². The first-order valence-electron chi connectivity index (χ1n) is 7.17. The highest BCUT2D eigenvalue weighted by Gasteiger charge is 2.20. The van der Waals surface area contributed by atoms with Crippen LogP contribution in [0.5, 0.6) is 5.75 Å². The molecule has 5 nitrogen and oxygen atoms in total. The fraction of sp³-hybridized carbons (Fsp3) is 0.467. The molecule has 3 rings (SSSR count). The first kappa shape index (κ1) is 14.4. The maximum Gasteiger partial charge on any atom is 0.149 e. The molecule has 0 amide bonds. The smallest absolute Gasteiger partial charge is 0.149 e. The molecule has 1 aromatic carbocycles. The largest absolute Gasteiger partial charge is 0.495 e. The second kappa shape index (κ2) is 6.03. The lowest BCUT2D eigenvalue weighted by molar-refractivity contribution is 0.414. The van der Waals surface area contributed by atoms with Crippen molar-refractivity contribution in [2.24, 2.45) is 0 Å². The van der Waals surface area contributed by atoms with Crippen molar-refractivity contribution in [3.05, 3.63) is 40.4 Å². The van der Waals surface area contributed by atoms with E-state index in [1.807, 2.05) is 18.2 Å². The molecule has 0 bridgehead atoms. The van der Waals surface area contributed by atoms with Gasteiger partial charge in [-0.1, -0.05) is 17.7 Å². The van der Waals surface area contributed by atoms with E-state index < -0.39 is 0 Å². The molecule has 0 fully saturated rings. The summed E-state index contributed by atoms with van der Waals surface area (Å²) < 4.78 is 7.38. The summed E-state index contributed by atoms with van der Waals surface area (Å²) in [6.07, 6.45) is 2.20. The molecule has 1 unspecified atom stereocenters. The summed E-state index contributed by atoms with van der Waals surface area (Å²) in [4.78, 5) is 0. The minimum absolute atomic E-state index is 0.158. The highest BCUT2D eigenvalue weighted by Crippen LogP contribution is 2.25. The maximum absolute atomic E-state index is 6.14. The molecule has 0 spiro atoms. The van der Waals surface area contributed by atoms with Gasteiger partial charge in [0.2, 0.25) is 0 Å². The van der Waals surface area contributed by atoms with Gasteiger partial charge in [0.05, 0.1) is 18.2 Å². The van der Waals surface area contributed by atoms with E-state index in [0.717, 1.165) is 36.7 Å². The average molecular weight is 307 g/mol. The number of fused-ring (bicyclic) bond motifs is 1. The molecular weight excluding hydrogens is 288 g/mol. The second-order valence-electron chi connectivity index (χ2n) is 5.30. The topological polar surface area (TPSA) is 52.0 Å². The average Bonchev–Trinajstić information content (AvgIpc) is 3.07. The van der Waals surface area contributed by atoms with Gasteiger partial charge in [-0.05, 0) is 31.0 Å². The molecule has 21 heavy (non-hydrogen) atoms. The van der Waals surface area contributed by atoms with Crippen molar-refractivity contribution in [1.29, 1.82) is 0 Å². The van der Waals surface area contributed by atoms with Crippen molar-refractivity contribution in [2.75, 3.05) is 7.11 Å². The number of aryl methyl sites for hydroxylation is 1. The Labute approximate surface area is 129 Å². The number of nitrogens with zero attached hydrogens (tertiary/aromatic N) is 3. The Morgan fingerprint density at radius 2 is 2.29 bits per heavy atom. The van der Waals surface area contributed by atoms with Crippen LogP contribution in [0.2, 0.25) is 5.02 Å². The number of methoxy groups -OCH3 is 1. The van der Waals surface area contributed by atoms with Gasteiger partial charge in [0, 0.05) is 19.5 Å². The van der Waals surface area contributed by atoms with Crippen LogP contribution < -0.4 is 10.1 Å². The lowest BCUT2D eigenvalue weighted by Gasteiger charge is -2.14. The molecule has 0 radical (unpaired) electrons. The molecule has 1 aliphatic heterocycles. The molecule has 112 valence electrons. The van der Waals surface area contributed by atoms with E-state index in [2.05, 4.69) is 27.0 Å². The van der Waals surface area contributed by atoms with Gasteiger partial charge in [-0.2, -0.15) is 0 Å². The summed E-state index contributed by atoms with van der Waals surface area (Å²) in [5.41, 5.74) is 1.12. The lowest BCUT2D eigenvalue weighted by Crippen LogP contribution is -2.21. The highest BCUT2D eigenvalue weighted by molar-refractivity contribution is 6.32. The van der Waals surface area contributed by atoms with Crippen molar-refractivity contribution in [3.63, 3.8) is 0 Å². The number of halogens is 1. The molecule has 2 aromatic rings. The summed E-state index contributed by atoms with van der Waals surface area (Å²) in [5, 5.41) is 12.6. The molecule has 6 heteroatoms. The number of hydrogen-bond acceptors (Lipinski definition) is 4. The van der Waals surface area contributed by atoms with Gasteiger partial charge in [0.1, 0.15) is 17.4 Å². The number of benzene rings is 1. The Morgan fingerprint density at radius 3 is 3.05 bits per heavy atom. The van der Waals surface area contributed by atoms with Crippen LogP contribution in [0, 0.1) is 0 Å². The van der Waals surface area contributed by atoms with Gasteiger partial charge in [-0.15, -0.1) is 10.2 Å². The Hall–Kier alpha value is -1.59. The third kappa shape index (κ3) is 2.89. The van der Waals surface area contributed by atoms with E-state index in [9.17, 15) is 0 Å². The maximum atomic E-state index is 6.14. The Morgan fingerprint density at radius 1 is 1.43 bits per heavy atom. The zero-order chi connectivity index (χ0) is 14.8. The van der Waals surface area contributed by atoms with Crippen molar-refractivity contribution in [1.82, 2.24) is 20.1 Å². The van der Waals surface area contributed by atoms with Crippen molar-refractivity contribution >= 4 is 11.6 Å². The van der Waals surface area contributed by atoms with E-state index in [1.165, 1.54) is 6.42 Å². The van der Waals surface area contributed by atoms with Crippen LogP contribution in [-0.2, 0) is 19.5 Å². The Balaban J connectivity index is 1.65. The molecular formula is C15H19ClN4O. The van der Waals surface area contributed by atoms with Crippen LogP contribution in [0.15, 0.2) is 18.2 Å². The van der Waals surface area contributed by atoms with Crippen LogP contribution in [0.4, 0.5) is 0 Å². The zero-order valence-electron chi connectivity index (χ0n) is 12.3. The highest BCUT2D eigenvalue weighted by atomic mass is 35.5. The quantitative estimate of drug-likeness (QED) is 0.923. The molecule has 1 N–H and O–H groups in total. The number of hydrogen-bond donors (Lipinski definition) is 1. The minimum Gasteiger partial charge on any atom is -0.495 e. The summed E-state index contributed by atoms with van der Waals surface area (Å²) >= 11 is 6.14. The molecule has 2 heterocycles. The number of nitrogens with one attached hydrogen (secondary N) is 1. The number of ether oxygens (including phenoxy) is 1. The summed E-state index contributed by atoms with van der Waals surface area (Å²) in [5.74, 6) is 2.82. The van der Waals surface area contributed by atoms with E-state index in [1.54, 1.807) is 7.11 Å². The summed E-state index contributed by atoms with van der Waals surface area (Å²) in [7, 11) is 1.62. The van der Waals surface area contributed by atoms with Gasteiger partial charge in [-0.25, -0.2) is 0 Å². The minimum atomic E-state index is 0.158. The van der Waals surface area contributed by atoms with E-state index in [-0.39, 0.29) is 6.04 Å². The Bertz CT molecular complexity index is 641. The molecule has 1 aromatic heterocycles. The van der Waals surface area contributed by atoms with Crippen molar-refractivity contribution in [3.8, 4) is 5.75 Å². The molecule has 1 atom stereocenters. The fourth-order valence-electron chi connectivity index (χ4n) is 2.68. The van der Waals surface area contributed by atoms with Crippen LogP contribution in [0.3, 0.4) is 0 Å². The van der Waals surface area contributed by atoms with E-state index in [0.29, 0.717) is 10.8 Å². The number of rotatable bonds is 5. The zero-order valence-corrected chi connectivity index (χ0v) is 13.0. The lowest BCUT2D eigenvalue weighted by atomic mass is 10.2. The van der Waals surface area contributed by atoms with Gasteiger partial charge in [-0.3, -0.25) is 0 Å². The normalized spacial score (nSPS) is 15.0. The predicted molar refractivity (Wildman–Crippen MR) is 81.6 cm³/mol. The Kier molecular flexibility index (Phi) is 4.12. The standard InChI is InChI=1S/C15H19ClN4O/c1-10(15-19-18-14-4-3-7-20(14)15)17-9-11-5-6-13(21-2)12(16)8-11/h5-6,8,10,17H,3-4,7,9H2,1-2H3. The second-order valence-corrected chi connectivity index (χ2v) is 5.71.